The summed E-state index contributed by atoms with van der Waals surface area (Å²) < 4.78 is 64.3. The van der Waals surface area contributed by atoms with Gasteiger partial charge in [-0.05, 0) is 48.4 Å². The van der Waals surface area contributed by atoms with Crippen molar-refractivity contribution in [3.05, 3.63) is 78.1 Å². The number of rotatable bonds is 9. The maximum absolute atomic E-state index is 13.4. The van der Waals surface area contributed by atoms with Crippen LogP contribution < -0.4 is 10.0 Å². The molecular weight excluding hydrogens is 523 g/mol. The molecule has 1 unspecified atom stereocenters. The first kappa shape index (κ1) is 26.3. The second kappa shape index (κ2) is 10.3. The second-order valence-corrected chi connectivity index (χ2v) is 12.1. The minimum absolute atomic E-state index is 0.00867. The van der Waals surface area contributed by atoms with Crippen LogP contribution in [0.15, 0.2) is 66.2 Å². The fourth-order valence-electron chi connectivity index (χ4n) is 3.70. The summed E-state index contributed by atoms with van der Waals surface area (Å²) in [6.07, 6.45) is 7.85. The monoisotopic (exact) mass is 546 g/mol. The lowest BCUT2D eigenvalue weighted by Crippen LogP contribution is -2.32. The van der Waals surface area contributed by atoms with Gasteiger partial charge < -0.3 is 5.32 Å². The van der Waals surface area contributed by atoms with Gasteiger partial charge in [-0.15, -0.1) is 0 Å². The van der Waals surface area contributed by atoms with Crippen molar-refractivity contribution in [3.8, 4) is 5.69 Å². The standard InChI is InChI=1S/C23H23FN6O5S2/c1-36(32,33)22-11-15(7-9-26-22)20(8-10-28-37(2,34)35)29-23(31)19-12-25-14-21-18(19)13-27-30(21)17-5-3-16(24)4-6-17/h3-7,9,11-14,20,28H,8,10H2,1-2H3,(H,29,31). The van der Waals surface area contributed by atoms with Crippen molar-refractivity contribution < 1.29 is 26.0 Å². The van der Waals surface area contributed by atoms with Gasteiger partial charge in [-0.2, -0.15) is 5.10 Å². The van der Waals surface area contributed by atoms with Gasteiger partial charge in [0.2, 0.25) is 10.0 Å². The summed E-state index contributed by atoms with van der Waals surface area (Å²) in [4.78, 5) is 21.4. The Morgan fingerprint density at radius 3 is 2.46 bits per heavy atom. The van der Waals surface area contributed by atoms with Crippen molar-refractivity contribution in [2.24, 2.45) is 0 Å². The van der Waals surface area contributed by atoms with Crippen LogP contribution in [0.5, 0.6) is 0 Å². The number of halogens is 1. The predicted molar refractivity (Wildman–Crippen MR) is 134 cm³/mol. The number of nitrogens with one attached hydrogen (secondary N) is 2. The van der Waals surface area contributed by atoms with Crippen molar-refractivity contribution in [2.75, 3.05) is 19.1 Å². The van der Waals surface area contributed by atoms with Crippen molar-refractivity contribution in [2.45, 2.75) is 17.5 Å². The van der Waals surface area contributed by atoms with Crippen molar-refractivity contribution >= 4 is 36.7 Å². The molecule has 1 amide bonds. The van der Waals surface area contributed by atoms with E-state index in [-0.39, 0.29) is 23.6 Å². The Morgan fingerprint density at radius 1 is 1.05 bits per heavy atom. The van der Waals surface area contributed by atoms with Crippen molar-refractivity contribution in [1.82, 2.24) is 29.8 Å². The average Bonchev–Trinajstić information content (AvgIpc) is 3.27. The molecule has 0 saturated carbocycles. The first-order valence-electron chi connectivity index (χ1n) is 10.9. The van der Waals surface area contributed by atoms with Gasteiger partial charge in [-0.1, -0.05) is 0 Å². The zero-order valence-corrected chi connectivity index (χ0v) is 21.4. The number of hydrogen-bond donors (Lipinski definition) is 2. The van der Waals surface area contributed by atoms with Gasteiger partial charge in [0.1, 0.15) is 5.82 Å². The van der Waals surface area contributed by atoms with Crippen LogP contribution in [0.2, 0.25) is 0 Å². The molecule has 14 heteroatoms. The molecule has 0 aliphatic heterocycles. The molecule has 0 spiro atoms. The van der Waals surface area contributed by atoms with Crippen LogP contribution in [0.25, 0.3) is 16.6 Å². The largest absolute Gasteiger partial charge is 0.345 e. The minimum Gasteiger partial charge on any atom is -0.345 e. The highest BCUT2D eigenvalue weighted by atomic mass is 32.2. The number of sulfone groups is 1. The Hall–Kier alpha value is -3.75. The number of hydrogen-bond acceptors (Lipinski definition) is 8. The number of sulfonamides is 1. The van der Waals surface area contributed by atoms with Crippen LogP contribution in [0.1, 0.15) is 28.4 Å². The Balaban J connectivity index is 1.67. The lowest BCUT2D eigenvalue weighted by atomic mass is 10.0. The minimum atomic E-state index is -3.62. The van der Waals surface area contributed by atoms with E-state index in [9.17, 15) is 26.0 Å². The highest BCUT2D eigenvalue weighted by Gasteiger charge is 2.21. The topological polar surface area (TPSA) is 153 Å². The van der Waals surface area contributed by atoms with E-state index in [4.69, 9.17) is 0 Å². The summed E-state index contributed by atoms with van der Waals surface area (Å²) in [5.41, 5.74) is 1.72. The normalized spacial score (nSPS) is 12.9. The van der Waals surface area contributed by atoms with E-state index in [1.807, 2.05) is 0 Å². The Bertz CT molecular complexity index is 1670. The SMILES string of the molecule is CS(=O)(=O)NCCC(NC(=O)c1cncc2c1cnn2-c1ccc(F)cc1)c1ccnc(S(C)(=O)=O)c1. The predicted octanol–water partition coefficient (Wildman–Crippen LogP) is 1.77. The van der Waals surface area contributed by atoms with Crippen LogP contribution >= 0.6 is 0 Å². The number of amides is 1. The molecule has 4 rings (SSSR count). The first-order valence-corrected chi connectivity index (χ1v) is 14.7. The van der Waals surface area contributed by atoms with Crippen LogP contribution in [-0.4, -0.2) is 61.5 Å². The van der Waals surface area contributed by atoms with Gasteiger partial charge in [0, 0.05) is 30.6 Å². The molecule has 0 radical (unpaired) electrons. The van der Waals surface area contributed by atoms with E-state index in [1.54, 1.807) is 18.2 Å². The smallest absolute Gasteiger partial charge is 0.254 e. The van der Waals surface area contributed by atoms with E-state index in [1.165, 1.54) is 47.7 Å². The lowest BCUT2D eigenvalue weighted by Gasteiger charge is -2.20. The number of nitrogens with zero attached hydrogens (tertiary/aromatic N) is 4. The third-order valence-corrected chi connectivity index (χ3v) is 7.17. The number of carbonyl (C=O) groups is 1. The number of benzene rings is 1. The average molecular weight is 547 g/mol. The van der Waals surface area contributed by atoms with Crippen LogP contribution in [-0.2, 0) is 19.9 Å². The molecule has 3 aromatic heterocycles. The first-order chi connectivity index (χ1) is 17.4. The van der Waals surface area contributed by atoms with Gasteiger partial charge in [-0.3, -0.25) is 9.78 Å². The fourth-order valence-corrected chi connectivity index (χ4v) is 4.79. The Morgan fingerprint density at radius 2 is 1.78 bits per heavy atom. The number of carbonyl (C=O) groups excluding carboxylic acids is 1. The van der Waals surface area contributed by atoms with Gasteiger partial charge in [-0.25, -0.2) is 35.6 Å². The molecule has 0 aliphatic rings. The zero-order valence-electron chi connectivity index (χ0n) is 19.8. The molecule has 1 atom stereocenters. The van der Waals surface area contributed by atoms with Gasteiger partial charge in [0.25, 0.3) is 5.91 Å². The van der Waals surface area contributed by atoms with Crippen LogP contribution in [0, 0.1) is 5.82 Å². The van der Waals surface area contributed by atoms with Crippen molar-refractivity contribution in [1.29, 1.82) is 0 Å². The molecule has 1 aromatic carbocycles. The molecule has 37 heavy (non-hydrogen) atoms. The molecule has 0 fully saturated rings. The van der Waals surface area contributed by atoms with Crippen LogP contribution in [0.3, 0.4) is 0 Å². The number of aromatic nitrogens is 4. The Labute approximate surface area is 212 Å². The summed E-state index contributed by atoms with van der Waals surface area (Å²) in [7, 11) is -7.10. The van der Waals surface area contributed by atoms with Crippen LogP contribution in [0.4, 0.5) is 4.39 Å². The van der Waals surface area contributed by atoms with E-state index in [0.717, 1.165) is 12.5 Å². The van der Waals surface area contributed by atoms with E-state index < -0.39 is 37.6 Å². The third kappa shape index (κ3) is 6.34. The number of pyridine rings is 2. The summed E-state index contributed by atoms with van der Waals surface area (Å²) >= 11 is 0. The van der Waals surface area contributed by atoms with Gasteiger partial charge in [0.15, 0.2) is 14.9 Å². The molecule has 0 bridgehead atoms. The molecule has 194 valence electrons. The lowest BCUT2D eigenvalue weighted by molar-refractivity contribution is 0.0936. The highest BCUT2D eigenvalue weighted by Crippen LogP contribution is 2.24. The summed E-state index contributed by atoms with van der Waals surface area (Å²) in [6.45, 7) is -0.00867. The third-order valence-electron chi connectivity index (χ3n) is 5.46. The molecule has 4 aromatic rings. The maximum atomic E-state index is 13.4. The van der Waals surface area contributed by atoms with E-state index in [0.29, 0.717) is 22.2 Å². The molecule has 2 N–H and O–H groups in total. The molecule has 11 nitrogen and oxygen atoms in total. The second-order valence-electron chi connectivity index (χ2n) is 8.33. The summed E-state index contributed by atoms with van der Waals surface area (Å²) in [5, 5.41) is 7.46. The molecule has 0 saturated heterocycles. The molecule has 0 aliphatic carbocycles. The highest BCUT2D eigenvalue weighted by molar-refractivity contribution is 7.90. The molecule has 3 heterocycles. The van der Waals surface area contributed by atoms with E-state index in [2.05, 4.69) is 25.1 Å². The van der Waals surface area contributed by atoms with Gasteiger partial charge in [0.05, 0.1) is 41.5 Å². The molecular formula is C23H23FN6O5S2. The fraction of sp³-hybridized carbons (Fsp3) is 0.217. The van der Waals surface area contributed by atoms with Crippen molar-refractivity contribution in [3.63, 3.8) is 0 Å². The quantitative estimate of drug-likeness (QED) is 0.322. The Kier molecular flexibility index (Phi) is 7.34. The van der Waals surface area contributed by atoms with Gasteiger partial charge >= 0.3 is 0 Å². The summed E-state index contributed by atoms with van der Waals surface area (Å²) in [5.74, 6) is -0.927. The zero-order chi connectivity index (χ0) is 26.8. The van der Waals surface area contributed by atoms with E-state index >= 15 is 0 Å². The number of fused-ring (bicyclic) bond motifs is 1. The summed E-state index contributed by atoms with van der Waals surface area (Å²) in [6, 6.07) is 7.80. The maximum Gasteiger partial charge on any atom is 0.254 e.